The van der Waals surface area contributed by atoms with Gasteiger partial charge >= 0.3 is 5.97 Å². The van der Waals surface area contributed by atoms with Crippen LogP contribution in [0.25, 0.3) is 10.8 Å². The number of hydrogen-bond acceptors (Lipinski definition) is 6. The number of imide groups is 1. The molecule has 4 aromatic rings. The Morgan fingerprint density at radius 3 is 2.26 bits per heavy atom. The lowest BCUT2D eigenvalue weighted by atomic mass is 10.1. The minimum Gasteiger partial charge on any atom is -0.427 e. The van der Waals surface area contributed by atoms with E-state index in [1.54, 1.807) is 12.1 Å². The number of benzene rings is 4. The first-order valence-corrected chi connectivity index (χ1v) is 13.9. The molecule has 0 bridgehead atoms. The van der Waals surface area contributed by atoms with E-state index in [0.717, 1.165) is 25.5 Å². The number of rotatable bonds is 8. The molecule has 0 aliphatic carbocycles. The predicted octanol–water partition coefficient (Wildman–Crippen LogP) is 4.33. The number of esters is 1. The number of amides is 2. The molecule has 0 N–H and O–H groups in total. The van der Waals surface area contributed by atoms with Crippen molar-refractivity contribution in [1.82, 2.24) is 4.31 Å². The van der Waals surface area contributed by atoms with Crippen molar-refractivity contribution < 1.29 is 27.5 Å². The topological polar surface area (TPSA) is 101 Å². The molecular weight excluding hydrogens is 516 g/mol. The van der Waals surface area contributed by atoms with E-state index in [9.17, 15) is 22.8 Å². The van der Waals surface area contributed by atoms with E-state index in [1.165, 1.54) is 37.3 Å². The summed E-state index contributed by atoms with van der Waals surface area (Å²) in [6.07, 6.45) is 0.0782. The lowest BCUT2D eigenvalue weighted by Gasteiger charge is -2.27. The van der Waals surface area contributed by atoms with Crippen LogP contribution in [0.4, 0.5) is 5.69 Å². The van der Waals surface area contributed by atoms with Crippen LogP contribution >= 0.6 is 0 Å². The summed E-state index contributed by atoms with van der Waals surface area (Å²) in [5, 5.41) is 1.65. The number of ether oxygens (including phenoxy) is 1. The maximum absolute atomic E-state index is 14.0. The number of fused-ring (bicyclic) bond motifs is 1. The molecule has 1 aliphatic heterocycles. The zero-order valence-electron chi connectivity index (χ0n) is 21.2. The van der Waals surface area contributed by atoms with Crippen LogP contribution in [0.1, 0.15) is 18.9 Å². The highest BCUT2D eigenvalue weighted by Gasteiger charge is 2.46. The molecule has 1 aliphatic rings. The molecule has 1 atom stereocenters. The summed E-state index contributed by atoms with van der Waals surface area (Å²) in [4.78, 5) is 39.0. The van der Waals surface area contributed by atoms with Gasteiger partial charge in [0.1, 0.15) is 11.8 Å². The molecule has 39 heavy (non-hydrogen) atoms. The fraction of sp³-hybridized carbons (Fsp3) is 0.167. The summed E-state index contributed by atoms with van der Waals surface area (Å²) in [7, 11) is -4.15. The number of carbonyl (C=O) groups excluding carboxylic acids is 3. The molecule has 0 saturated carbocycles. The molecule has 1 unspecified atom stereocenters. The van der Waals surface area contributed by atoms with Crippen molar-refractivity contribution >= 4 is 44.3 Å². The molecule has 4 aromatic carbocycles. The molecule has 1 heterocycles. The van der Waals surface area contributed by atoms with Gasteiger partial charge in [0.25, 0.3) is 5.91 Å². The summed E-state index contributed by atoms with van der Waals surface area (Å²) in [6.45, 7) is 1.29. The van der Waals surface area contributed by atoms with Crippen molar-refractivity contribution in [3.63, 3.8) is 0 Å². The number of carbonyl (C=O) groups is 3. The second-order valence-corrected chi connectivity index (χ2v) is 11.1. The average Bonchev–Trinajstić information content (AvgIpc) is 3.22. The monoisotopic (exact) mass is 542 g/mol. The molecule has 0 radical (unpaired) electrons. The van der Waals surface area contributed by atoms with Crippen LogP contribution in [0, 0.1) is 0 Å². The van der Waals surface area contributed by atoms with E-state index >= 15 is 0 Å². The Balaban J connectivity index is 1.49. The first-order chi connectivity index (χ1) is 18.7. The van der Waals surface area contributed by atoms with Gasteiger partial charge in [0.15, 0.2) is 0 Å². The van der Waals surface area contributed by atoms with Crippen molar-refractivity contribution in [1.29, 1.82) is 0 Å². The molecule has 1 fully saturated rings. The molecule has 2 amide bonds. The third-order valence-electron chi connectivity index (χ3n) is 6.62. The minimum atomic E-state index is -4.15. The predicted molar refractivity (Wildman–Crippen MR) is 147 cm³/mol. The molecule has 0 spiro atoms. The Labute approximate surface area is 226 Å². The van der Waals surface area contributed by atoms with Gasteiger partial charge < -0.3 is 4.74 Å². The quantitative estimate of drug-likeness (QED) is 0.187. The van der Waals surface area contributed by atoms with Gasteiger partial charge in [0, 0.05) is 13.5 Å². The van der Waals surface area contributed by atoms with Crippen LogP contribution in [-0.4, -0.2) is 43.1 Å². The third-order valence-corrected chi connectivity index (χ3v) is 8.52. The number of nitrogens with zero attached hydrogens (tertiary/aromatic N) is 2. The molecule has 9 heteroatoms. The molecule has 5 rings (SSSR count). The standard InChI is InChI=1S/C30H26N2O6S/c1-21(33)38-26-14-12-25(13-15-26)32-29(34)20-28(30(32)35)31(18-17-22-7-3-2-4-8-22)39(36,37)27-16-11-23-9-5-6-10-24(23)19-27/h2-16,19,28H,17-18,20H2,1H3. The second-order valence-electron chi connectivity index (χ2n) is 9.24. The molecule has 8 nitrogen and oxygen atoms in total. The van der Waals surface area contributed by atoms with E-state index < -0.39 is 33.8 Å². The van der Waals surface area contributed by atoms with Gasteiger partial charge in [-0.15, -0.1) is 0 Å². The van der Waals surface area contributed by atoms with Crippen LogP contribution in [0.15, 0.2) is 102 Å². The Kier molecular flexibility index (Phi) is 7.28. The zero-order chi connectivity index (χ0) is 27.6. The number of hydrogen-bond donors (Lipinski definition) is 0. The first kappa shape index (κ1) is 26.3. The van der Waals surface area contributed by atoms with Crippen molar-refractivity contribution in [2.24, 2.45) is 0 Å². The van der Waals surface area contributed by atoms with Crippen molar-refractivity contribution in [2.45, 2.75) is 30.7 Å². The Bertz CT molecular complexity index is 1650. The highest BCUT2D eigenvalue weighted by atomic mass is 32.2. The lowest BCUT2D eigenvalue weighted by Crippen LogP contribution is -2.46. The third kappa shape index (κ3) is 5.45. The summed E-state index contributed by atoms with van der Waals surface area (Å²) < 4.78 is 34.2. The van der Waals surface area contributed by atoms with Crippen molar-refractivity contribution in [3.8, 4) is 5.75 Å². The molecule has 1 saturated heterocycles. The van der Waals surface area contributed by atoms with Gasteiger partial charge in [-0.3, -0.25) is 14.4 Å². The largest absolute Gasteiger partial charge is 0.427 e. The van der Waals surface area contributed by atoms with E-state index in [4.69, 9.17) is 4.74 Å². The van der Waals surface area contributed by atoms with Gasteiger partial charge in [-0.2, -0.15) is 4.31 Å². The maximum atomic E-state index is 14.0. The van der Waals surface area contributed by atoms with Crippen LogP contribution in [0.3, 0.4) is 0 Å². The summed E-state index contributed by atoms with van der Waals surface area (Å²) >= 11 is 0. The summed E-state index contributed by atoms with van der Waals surface area (Å²) in [5.41, 5.74) is 1.18. The molecular formula is C30H26N2O6S. The van der Waals surface area contributed by atoms with Crippen LogP contribution in [0.5, 0.6) is 5.75 Å². The van der Waals surface area contributed by atoms with E-state index in [-0.39, 0.29) is 29.3 Å². The van der Waals surface area contributed by atoms with Gasteiger partial charge in [-0.1, -0.05) is 60.7 Å². The van der Waals surface area contributed by atoms with E-state index in [2.05, 4.69) is 0 Å². The second kappa shape index (κ2) is 10.8. The highest BCUT2D eigenvalue weighted by molar-refractivity contribution is 7.89. The van der Waals surface area contributed by atoms with Crippen molar-refractivity contribution in [2.75, 3.05) is 11.4 Å². The Hall–Kier alpha value is -4.34. The van der Waals surface area contributed by atoms with Crippen LogP contribution in [-0.2, 0) is 30.8 Å². The lowest BCUT2D eigenvalue weighted by molar-refractivity contribution is -0.132. The van der Waals surface area contributed by atoms with Gasteiger partial charge in [0.05, 0.1) is 17.0 Å². The van der Waals surface area contributed by atoms with E-state index in [1.807, 2.05) is 54.6 Å². The summed E-state index contributed by atoms with van der Waals surface area (Å²) in [6, 6.07) is 26.4. The first-order valence-electron chi connectivity index (χ1n) is 12.4. The minimum absolute atomic E-state index is 0.0160. The molecule has 0 aromatic heterocycles. The smallest absolute Gasteiger partial charge is 0.308 e. The van der Waals surface area contributed by atoms with Crippen LogP contribution in [0.2, 0.25) is 0 Å². The summed E-state index contributed by atoms with van der Waals surface area (Å²) in [5.74, 6) is -1.37. The SMILES string of the molecule is CC(=O)Oc1ccc(N2C(=O)CC(N(CCc3ccccc3)S(=O)(=O)c3ccc4ccccc4c3)C2=O)cc1. The highest BCUT2D eigenvalue weighted by Crippen LogP contribution is 2.31. The fourth-order valence-electron chi connectivity index (χ4n) is 4.73. The van der Waals surface area contributed by atoms with Gasteiger partial charge in [-0.25, -0.2) is 13.3 Å². The number of anilines is 1. The fourth-order valence-corrected chi connectivity index (χ4v) is 6.35. The van der Waals surface area contributed by atoms with E-state index in [0.29, 0.717) is 6.42 Å². The maximum Gasteiger partial charge on any atom is 0.308 e. The Morgan fingerprint density at radius 1 is 0.897 bits per heavy atom. The number of sulfonamides is 1. The normalized spacial score (nSPS) is 15.7. The Morgan fingerprint density at radius 2 is 1.56 bits per heavy atom. The van der Waals surface area contributed by atoms with Crippen molar-refractivity contribution in [3.05, 3.63) is 103 Å². The van der Waals surface area contributed by atoms with Gasteiger partial charge in [0.2, 0.25) is 15.9 Å². The van der Waals surface area contributed by atoms with Crippen LogP contribution < -0.4 is 9.64 Å². The average molecular weight is 543 g/mol. The molecule has 198 valence electrons. The van der Waals surface area contributed by atoms with Gasteiger partial charge in [-0.05, 0) is 59.2 Å². The zero-order valence-corrected chi connectivity index (χ0v) is 22.0.